The Kier molecular flexibility index (Phi) is 3.92. The van der Waals surface area contributed by atoms with Gasteiger partial charge >= 0.3 is 0 Å². The molecule has 0 aromatic heterocycles. The molecular weight excluding hydrogens is 243 g/mol. The van der Waals surface area contributed by atoms with Gasteiger partial charge in [-0.05, 0) is 30.2 Å². The van der Waals surface area contributed by atoms with Crippen molar-refractivity contribution in [2.75, 3.05) is 5.32 Å². The molecule has 4 heteroatoms. The summed E-state index contributed by atoms with van der Waals surface area (Å²) in [5.41, 5.74) is 7.50. The van der Waals surface area contributed by atoms with Crippen LogP contribution in [-0.2, 0) is 4.79 Å². The van der Waals surface area contributed by atoms with Crippen LogP contribution in [0.1, 0.15) is 17.2 Å². The van der Waals surface area contributed by atoms with Gasteiger partial charge < -0.3 is 11.1 Å². The number of anilines is 1. The van der Waals surface area contributed by atoms with Crippen LogP contribution < -0.4 is 11.1 Å². The third-order valence-electron chi connectivity index (χ3n) is 2.88. The molecule has 0 spiro atoms. The van der Waals surface area contributed by atoms with E-state index in [0.717, 1.165) is 0 Å². The molecule has 2 rings (SSSR count). The normalized spacial score (nSPS) is 11.9. The van der Waals surface area contributed by atoms with Crippen LogP contribution in [0.2, 0.25) is 0 Å². The van der Waals surface area contributed by atoms with Gasteiger partial charge in [-0.25, -0.2) is 4.39 Å². The molecule has 2 aromatic rings. The Bertz CT molecular complexity index is 584. The minimum atomic E-state index is -0.773. The number of amides is 1. The van der Waals surface area contributed by atoms with Crippen LogP contribution in [0.15, 0.2) is 48.5 Å². The summed E-state index contributed by atoms with van der Waals surface area (Å²) in [7, 11) is 0. The Labute approximate surface area is 111 Å². The van der Waals surface area contributed by atoms with Gasteiger partial charge in [-0.2, -0.15) is 0 Å². The van der Waals surface area contributed by atoms with Crippen molar-refractivity contribution in [3.63, 3.8) is 0 Å². The number of hydrogen-bond donors (Lipinski definition) is 2. The number of carbonyl (C=O) groups excluding carboxylic acids is 1. The smallest absolute Gasteiger partial charge is 0.245 e. The molecule has 19 heavy (non-hydrogen) atoms. The predicted octanol–water partition coefficient (Wildman–Crippen LogP) is 2.77. The maximum Gasteiger partial charge on any atom is 0.245 e. The van der Waals surface area contributed by atoms with Crippen molar-refractivity contribution in [2.24, 2.45) is 5.73 Å². The average molecular weight is 258 g/mol. The third kappa shape index (κ3) is 3.17. The van der Waals surface area contributed by atoms with Gasteiger partial charge in [-0.3, -0.25) is 4.79 Å². The van der Waals surface area contributed by atoms with E-state index in [9.17, 15) is 9.18 Å². The highest BCUT2D eigenvalue weighted by Crippen LogP contribution is 2.16. The van der Waals surface area contributed by atoms with E-state index < -0.39 is 6.04 Å². The van der Waals surface area contributed by atoms with Gasteiger partial charge in [-0.1, -0.05) is 36.4 Å². The molecule has 98 valence electrons. The lowest BCUT2D eigenvalue weighted by Crippen LogP contribution is -2.27. The predicted molar refractivity (Wildman–Crippen MR) is 73.1 cm³/mol. The molecule has 0 bridgehead atoms. The summed E-state index contributed by atoms with van der Waals surface area (Å²) in [6.45, 7) is 1.66. The number of nitrogens with one attached hydrogen (secondary N) is 1. The zero-order valence-electron chi connectivity index (χ0n) is 10.6. The van der Waals surface area contributed by atoms with Crippen molar-refractivity contribution >= 4 is 11.6 Å². The monoisotopic (exact) mass is 258 g/mol. The number of benzene rings is 2. The maximum absolute atomic E-state index is 13.4. The van der Waals surface area contributed by atoms with Gasteiger partial charge in [0.15, 0.2) is 0 Å². The zero-order valence-corrected chi connectivity index (χ0v) is 10.6. The Morgan fingerprint density at radius 2 is 1.89 bits per heavy atom. The molecule has 0 saturated carbocycles. The van der Waals surface area contributed by atoms with E-state index in [0.29, 0.717) is 16.8 Å². The summed E-state index contributed by atoms with van der Waals surface area (Å²) in [5.74, 6) is -0.722. The fourth-order valence-electron chi connectivity index (χ4n) is 1.70. The lowest BCUT2D eigenvalue weighted by Gasteiger charge is -2.12. The second-order valence-electron chi connectivity index (χ2n) is 4.34. The van der Waals surface area contributed by atoms with Gasteiger partial charge in [0, 0.05) is 5.69 Å². The van der Waals surface area contributed by atoms with E-state index in [1.807, 2.05) is 18.2 Å². The largest absolute Gasteiger partial charge is 0.324 e. The molecule has 0 saturated heterocycles. The summed E-state index contributed by atoms with van der Waals surface area (Å²) < 4.78 is 13.4. The molecule has 0 aliphatic carbocycles. The van der Waals surface area contributed by atoms with E-state index in [1.165, 1.54) is 6.07 Å². The highest BCUT2D eigenvalue weighted by atomic mass is 19.1. The van der Waals surface area contributed by atoms with E-state index >= 15 is 0 Å². The van der Waals surface area contributed by atoms with Gasteiger partial charge in [0.1, 0.15) is 11.9 Å². The first kappa shape index (κ1) is 13.2. The molecule has 0 aliphatic heterocycles. The Balaban J connectivity index is 2.10. The van der Waals surface area contributed by atoms with Crippen LogP contribution in [0.3, 0.4) is 0 Å². The summed E-state index contributed by atoms with van der Waals surface area (Å²) in [6.07, 6.45) is 0. The van der Waals surface area contributed by atoms with E-state index in [4.69, 9.17) is 5.73 Å². The van der Waals surface area contributed by atoms with Crippen molar-refractivity contribution in [3.05, 3.63) is 65.5 Å². The number of rotatable bonds is 3. The number of hydrogen-bond acceptors (Lipinski definition) is 2. The fraction of sp³-hybridized carbons (Fsp3) is 0.133. The third-order valence-corrected chi connectivity index (χ3v) is 2.88. The molecule has 0 aliphatic rings. The molecule has 0 unspecified atom stereocenters. The minimum absolute atomic E-state index is 0.355. The van der Waals surface area contributed by atoms with Crippen molar-refractivity contribution in [3.8, 4) is 0 Å². The molecule has 0 radical (unpaired) electrons. The summed E-state index contributed by atoms with van der Waals surface area (Å²) in [5, 5.41) is 2.60. The van der Waals surface area contributed by atoms with E-state index in [2.05, 4.69) is 5.32 Å². The standard InChI is InChI=1S/C15H15FN2O/c1-10-7-8-12(9-13(10)16)18-15(19)14(17)11-5-3-2-4-6-11/h2-9,14H,17H2,1H3,(H,18,19)/t14-/m0/s1. The molecule has 0 fully saturated rings. The Morgan fingerprint density at radius 1 is 1.21 bits per heavy atom. The van der Waals surface area contributed by atoms with Crippen molar-refractivity contribution in [1.82, 2.24) is 0 Å². The van der Waals surface area contributed by atoms with Gasteiger partial charge in [-0.15, -0.1) is 0 Å². The minimum Gasteiger partial charge on any atom is -0.324 e. The van der Waals surface area contributed by atoms with Crippen molar-refractivity contribution < 1.29 is 9.18 Å². The van der Waals surface area contributed by atoms with Gasteiger partial charge in [0.25, 0.3) is 0 Å². The van der Waals surface area contributed by atoms with Crippen LogP contribution in [0, 0.1) is 12.7 Å². The zero-order chi connectivity index (χ0) is 13.8. The van der Waals surface area contributed by atoms with Crippen LogP contribution in [0.4, 0.5) is 10.1 Å². The average Bonchev–Trinajstić information content (AvgIpc) is 2.43. The summed E-state index contributed by atoms with van der Waals surface area (Å²) in [6, 6.07) is 12.8. The molecule has 1 atom stereocenters. The highest BCUT2D eigenvalue weighted by Gasteiger charge is 2.15. The number of carbonyl (C=O) groups is 1. The quantitative estimate of drug-likeness (QED) is 0.889. The Hall–Kier alpha value is -2.20. The van der Waals surface area contributed by atoms with E-state index in [-0.39, 0.29) is 11.7 Å². The summed E-state index contributed by atoms with van der Waals surface area (Å²) >= 11 is 0. The highest BCUT2D eigenvalue weighted by molar-refractivity contribution is 5.95. The van der Waals surface area contributed by atoms with Crippen molar-refractivity contribution in [2.45, 2.75) is 13.0 Å². The lowest BCUT2D eigenvalue weighted by atomic mass is 10.1. The SMILES string of the molecule is Cc1ccc(NC(=O)[C@@H](N)c2ccccc2)cc1F. The molecule has 3 nitrogen and oxygen atoms in total. The van der Waals surface area contributed by atoms with Crippen molar-refractivity contribution in [1.29, 1.82) is 0 Å². The maximum atomic E-state index is 13.4. The van der Waals surface area contributed by atoms with E-state index in [1.54, 1.807) is 31.2 Å². The van der Waals surface area contributed by atoms with Crippen LogP contribution in [-0.4, -0.2) is 5.91 Å². The number of halogens is 1. The number of aryl methyl sites for hydroxylation is 1. The summed E-state index contributed by atoms with van der Waals surface area (Å²) in [4.78, 5) is 12.0. The van der Waals surface area contributed by atoms with Crippen LogP contribution in [0.25, 0.3) is 0 Å². The topological polar surface area (TPSA) is 55.1 Å². The second kappa shape index (κ2) is 5.63. The first-order chi connectivity index (χ1) is 9.08. The Morgan fingerprint density at radius 3 is 2.53 bits per heavy atom. The molecule has 2 aromatic carbocycles. The molecule has 3 N–H and O–H groups in total. The number of nitrogens with two attached hydrogens (primary N) is 1. The first-order valence-corrected chi connectivity index (χ1v) is 5.95. The fourth-order valence-corrected chi connectivity index (χ4v) is 1.70. The second-order valence-corrected chi connectivity index (χ2v) is 4.34. The first-order valence-electron chi connectivity index (χ1n) is 5.95. The lowest BCUT2D eigenvalue weighted by molar-refractivity contribution is -0.117. The van der Waals surface area contributed by atoms with Crippen LogP contribution in [0.5, 0.6) is 0 Å². The molecule has 1 amide bonds. The van der Waals surface area contributed by atoms with Crippen LogP contribution >= 0.6 is 0 Å². The molecule has 0 heterocycles. The van der Waals surface area contributed by atoms with Gasteiger partial charge in [0.05, 0.1) is 0 Å². The van der Waals surface area contributed by atoms with Gasteiger partial charge in [0.2, 0.25) is 5.91 Å². The molecular formula is C15H15FN2O.